The van der Waals surface area contributed by atoms with E-state index in [9.17, 15) is 9.59 Å². The molecule has 1 amide bonds. The van der Waals surface area contributed by atoms with Gasteiger partial charge in [0.2, 0.25) is 0 Å². The van der Waals surface area contributed by atoms with Crippen LogP contribution in [-0.4, -0.2) is 48.7 Å². The van der Waals surface area contributed by atoms with E-state index < -0.39 is 12.6 Å². The van der Waals surface area contributed by atoms with E-state index in [0.29, 0.717) is 13.1 Å². The average Bonchev–Trinajstić information content (AvgIpc) is 2.48. The molecule has 0 bridgehead atoms. The highest BCUT2D eigenvalue weighted by molar-refractivity contribution is 6.46. The van der Waals surface area contributed by atoms with Gasteiger partial charge in [0.15, 0.2) is 6.61 Å². The van der Waals surface area contributed by atoms with E-state index in [2.05, 4.69) is 0 Å². The zero-order valence-electron chi connectivity index (χ0n) is 12.6. The predicted octanol–water partition coefficient (Wildman–Crippen LogP) is 3.44. The summed E-state index contributed by atoms with van der Waals surface area (Å²) in [6, 6.07) is 2.92. The van der Waals surface area contributed by atoms with Crippen molar-refractivity contribution >= 4 is 46.7 Å². The number of benzene rings is 1. The molecule has 0 saturated carbocycles. The van der Waals surface area contributed by atoms with Gasteiger partial charge in [0.05, 0.1) is 32.8 Å². The molecule has 1 aromatic carbocycles. The smallest absolute Gasteiger partial charge is 0.341 e. The Hall–Kier alpha value is -1.01. The van der Waals surface area contributed by atoms with Crippen molar-refractivity contribution in [1.29, 1.82) is 0 Å². The van der Waals surface area contributed by atoms with Crippen molar-refractivity contribution in [3.8, 4) is 0 Å². The first-order chi connectivity index (χ1) is 10.8. The lowest BCUT2D eigenvalue weighted by molar-refractivity contribution is -0.146. The lowest BCUT2D eigenvalue weighted by atomic mass is 10.2. The second-order valence-electron chi connectivity index (χ2n) is 5.35. The van der Waals surface area contributed by atoms with Crippen LogP contribution in [0.1, 0.15) is 24.2 Å². The van der Waals surface area contributed by atoms with E-state index in [4.69, 9.17) is 44.3 Å². The monoisotopic (exact) mass is 379 g/mol. The van der Waals surface area contributed by atoms with Crippen LogP contribution >= 0.6 is 34.8 Å². The Morgan fingerprint density at radius 1 is 1.17 bits per heavy atom. The van der Waals surface area contributed by atoms with Gasteiger partial charge in [-0.05, 0) is 26.0 Å². The van der Waals surface area contributed by atoms with Crippen molar-refractivity contribution < 1.29 is 19.1 Å². The Morgan fingerprint density at radius 2 is 1.74 bits per heavy atom. The highest BCUT2D eigenvalue weighted by atomic mass is 35.5. The number of amides is 1. The van der Waals surface area contributed by atoms with Crippen LogP contribution in [0, 0.1) is 0 Å². The third-order valence-electron chi connectivity index (χ3n) is 3.35. The fourth-order valence-corrected chi connectivity index (χ4v) is 3.07. The first kappa shape index (κ1) is 18.3. The number of carbonyl (C=O) groups excluding carboxylic acids is 2. The molecule has 5 nitrogen and oxygen atoms in total. The number of hydrogen-bond donors (Lipinski definition) is 0. The largest absolute Gasteiger partial charge is 0.452 e. The Balaban J connectivity index is 1.99. The molecule has 0 N–H and O–H groups in total. The summed E-state index contributed by atoms with van der Waals surface area (Å²) in [6.45, 7) is 4.29. The maximum atomic E-state index is 12.2. The molecule has 8 heteroatoms. The van der Waals surface area contributed by atoms with E-state index in [1.165, 1.54) is 12.1 Å². The lowest BCUT2D eigenvalue weighted by Crippen LogP contribution is -2.49. The standard InChI is InChI=1S/C15H16Cl3NO4/c1-8-5-19(6-9(2)23-8)12(20)7-22-15(21)13-10(16)3-4-11(17)14(13)18/h3-4,8-9H,5-7H2,1-2H3/t8-,9+. The summed E-state index contributed by atoms with van der Waals surface area (Å²) < 4.78 is 10.6. The molecule has 0 spiro atoms. The molecular weight excluding hydrogens is 365 g/mol. The molecule has 2 rings (SSSR count). The Kier molecular flexibility index (Phi) is 6.14. The quantitative estimate of drug-likeness (QED) is 0.595. The van der Waals surface area contributed by atoms with Crippen molar-refractivity contribution in [3.63, 3.8) is 0 Å². The molecule has 1 heterocycles. The molecule has 1 fully saturated rings. The lowest BCUT2D eigenvalue weighted by Gasteiger charge is -2.35. The maximum Gasteiger partial charge on any atom is 0.341 e. The zero-order chi connectivity index (χ0) is 17.1. The molecule has 0 aromatic heterocycles. The van der Waals surface area contributed by atoms with E-state index in [-0.39, 0.29) is 38.7 Å². The first-order valence-electron chi connectivity index (χ1n) is 7.03. The van der Waals surface area contributed by atoms with Crippen molar-refractivity contribution in [2.45, 2.75) is 26.1 Å². The topological polar surface area (TPSA) is 55.8 Å². The van der Waals surface area contributed by atoms with Crippen LogP contribution in [0.25, 0.3) is 0 Å². The number of carbonyl (C=O) groups is 2. The van der Waals surface area contributed by atoms with Crippen LogP contribution < -0.4 is 0 Å². The normalized spacial score (nSPS) is 21.2. The van der Waals surface area contributed by atoms with Crippen molar-refractivity contribution in [3.05, 3.63) is 32.8 Å². The second-order valence-corrected chi connectivity index (χ2v) is 6.54. The number of nitrogens with zero attached hydrogens (tertiary/aromatic N) is 1. The molecule has 1 aromatic rings. The summed E-state index contributed by atoms with van der Waals surface area (Å²) in [4.78, 5) is 25.9. The zero-order valence-corrected chi connectivity index (χ0v) is 14.9. The Labute approximate surface area is 149 Å². The van der Waals surface area contributed by atoms with Gasteiger partial charge < -0.3 is 14.4 Å². The minimum absolute atomic E-state index is 0.00484. The van der Waals surface area contributed by atoms with Crippen LogP contribution in [0.15, 0.2) is 12.1 Å². The summed E-state index contributed by atoms with van der Waals surface area (Å²) in [5.41, 5.74) is -0.0441. The minimum Gasteiger partial charge on any atom is -0.452 e. The third kappa shape index (κ3) is 4.51. The number of rotatable bonds is 3. The molecule has 0 unspecified atom stereocenters. The van der Waals surface area contributed by atoms with Gasteiger partial charge in [-0.25, -0.2) is 4.79 Å². The molecule has 0 radical (unpaired) electrons. The molecule has 1 aliphatic heterocycles. The summed E-state index contributed by atoms with van der Waals surface area (Å²) in [5, 5.41) is 0.306. The summed E-state index contributed by atoms with van der Waals surface area (Å²) in [6.07, 6.45) is -0.120. The molecule has 1 aliphatic rings. The van der Waals surface area contributed by atoms with Gasteiger partial charge >= 0.3 is 5.97 Å². The maximum absolute atomic E-state index is 12.2. The molecule has 126 valence electrons. The van der Waals surface area contributed by atoms with Gasteiger partial charge in [-0.3, -0.25) is 4.79 Å². The van der Waals surface area contributed by atoms with Gasteiger partial charge in [-0.2, -0.15) is 0 Å². The van der Waals surface area contributed by atoms with Crippen molar-refractivity contribution in [2.75, 3.05) is 19.7 Å². The highest BCUT2D eigenvalue weighted by Crippen LogP contribution is 2.31. The number of halogens is 3. The highest BCUT2D eigenvalue weighted by Gasteiger charge is 2.27. The van der Waals surface area contributed by atoms with Crippen LogP contribution in [0.5, 0.6) is 0 Å². The van der Waals surface area contributed by atoms with Crippen LogP contribution in [0.2, 0.25) is 15.1 Å². The molecule has 2 atom stereocenters. The molecule has 0 aliphatic carbocycles. The number of hydrogen-bond acceptors (Lipinski definition) is 4. The van der Waals surface area contributed by atoms with Gasteiger partial charge in [-0.1, -0.05) is 34.8 Å². The number of morpholine rings is 1. The van der Waals surface area contributed by atoms with E-state index >= 15 is 0 Å². The molecule has 23 heavy (non-hydrogen) atoms. The summed E-state index contributed by atoms with van der Waals surface area (Å²) in [7, 11) is 0. The fourth-order valence-electron chi connectivity index (χ4n) is 2.39. The fraction of sp³-hybridized carbons (Fsp3) is 0.467. The number of ether oxygens (including phenoxy) is 2. The molecular formula is C15H16Cl3NO4. The van der Waals surface area contributed by atoms with E-state index in [1.54, 1.807) is 4.90 Å². The summed E-state index contributed by atoms with van der Waals surface area (Å²) >= 11 is 17.8. The van der Waals surface area contributed by atoms with Crippen molar-refractivity contribution in [2.24, 2.45) is 0 Å². The first-order valence-corrected chi connectivity index (χ1v) is 8.16. The summed E-state index contributed by atoms with van der Waals surface area (Å²) in [5.74, 6) is -1.08. The van der Waals surface area contributed by atoms with Crippen LogP contribution in [-0.2, 0) is 14.3 Å². The minimum atomic E-state index is -0.787. The average molecular weight is 381 g/mol. The van der Waals surface area contributed by atoms with E-state index in [0.717, 1.165) is 0 Å². The van der Waals surface area contributed by atoms with E-state index in [1.807, 2.05) is 13.8 Å². The Morgan fingerprint density at radius 3 is 2.35 bits per heavy atom. The molecule has 1 saturated heterocycles. The SMILES string of the molecule is C[C@@H]1CN(C(=O)COC(=O)c2c(Cl)ccc(Cl)c2Cl)C[C@H](C)O1. The van der Waals surface area contributed by atoms with Crippen molar-refractivity contribution in [1.82, 2.24) is 4.90 Å². The van der Waals surface area contributed by atoms with Crippen LogP contribution in [0.4, 0.5) is 0 Å². The second kappa shape index (κ2) is 7.71. The van der Waals surface area contributed by atoms with Gasteiger partial charge in [0, 0.05) is 13.1 Å². The van der Waals surface area contributed by atoms with Gasteiger partial charge in [0.25, 0.3) is 5.91 Å². The predicted molar refractivity (Wildman–Crippen MR) is 88.3 cm³/mol. The van der Waals surface area contributed by atoms with Gasteiger partial charge in [0.1, 0.15) is 0 Å². The van der Waals surface area contributed by atoms with Gasteiger partial charge in [-0.15, -0.1) is 0 Å². The Bertz CT molecular complexity index is 613. The van der Waals surface area contributed by atoms with Crippen LogP contribution in [0.3, 0.4) is 0 Å². The number of esters is 1. The third-order valence-corrected chi connectivity index (χ3v) is 4.47.